The second kappa shape index (κ2) is 12.7. The molecule has 6 nitrogen and oxygen atoms in total. The summed E-state index contributed by atoms with van der Waals surface area (Å²) in [5, 5.41) is 26.0. The van der Waals surface area contributed by atoms with E-state index in [0.29, 0.717) is 60.0 Å². The lowest BCUT2D eigenvalue weighted by atomic mass is 10.0. The number of hydrogen-bond acceptors (Lipinski definition) is 5. The molecule has 0 saturated heterocycles. The van der Waals surface area contributed by atoms with Crippen LogP contribution in [0.2, 0.25) is 0 Å². The molecule has 0 saturated carbocycles. The van der Waals surface area contributed by atoms with Crippen LogP contribution in [0.3, 0.4) is 0 Å². The van der Waals surface area contributed by atoms with Gasteiger partial charge < -0.3 is 18.6 Å². The lowest BCUT2D eigenvalue weighted by Gasteiger charge is -2.44. The van der Waals surface area contributed by atoms with E-state index in [-0.39, 0.29) is 0 Å². The van der Waals surface area contributed by atoms with Gasteiger partial charge >= 0.3 is 0 Å². The third-order valence-electron chi connectivity index (χ3n) is 11.6. The van der Waals surface area contributed by atoms with Crippen LogP contribution in [0.4, 0.5) is 17.1 Å². The van der Waals surface area contributed by atoms with Crippen molar-refractivity contribution in [2.75, 3.05) is 4.90 Å². The van der Waals surface area contributed by atoms with Crippen LogP contribution in [0.25, 0.3) is 38.6 Å². The molecule has 0 radical (unpaired) electrons. The Morgan fingerprint density at radius 1 is 0.431 bits per heavy atom. The molecular weight excluding hydrogens is 751 g/mol. The summed E-state index contributed by atoms with van der Waals surface area (Å²) in [4.78, 5) is 2.05. The smallest absolute Gasteiger partial charge is 0.175 e. The Labute approximate surface area is 334 Å². The Hall–Kier alpha value is -7.20. The summed E-state index contributed by atoms with van der Waals surface area (Å²) >= 11 is 0. The van der Waals surface area contributed by atoms with E-state index in [4.69, 9.17) is 0 Å². The van der Waals surface area contributed by atoms with Gasteiger partial charge in [0.05, 0.1) is 51.4 Å². The monoisotopic (exact) mass is 780 g/mol. The minimum atomic E-state index is -3.73. The Morgan fingerprint density at radius 2 is 0.879 bits per heavy atom. The predicted molar refractivity (Wildman–Crippen MR) is 236 cm³/mol. The van der Waals surface area contributed by atoms with E-state index in [1.165, 1.54) is 10.8 Å². The molecule has 8 heteroatoms. The summed E-state index contributed by atoms with van der Waals surface area (Å²) in [5.74, 6) is 0. The first-order valence-electron chi connectivity index (χ1n) is 18.9. The second-order valence-electron chi connectivity index (χ2n) is 14.6. The molecule has 8 aromatic carbocycles. The number of para-hydroxylation sites is 2. The third-order valence-corrected chi connectivity index (χ3v) is 17.8. The standard InChI is InChI=1S/C50H30N4O2P2/c51-31-33-19-25-44-46(27-33)57(55,38-11-3-1-4-12-38)48-29-36(35-21-23-37(24-22-35)53-42-17-9-7-15-40(42)41-16-8-10-18-43(41)53)30-49-50(48)54(44)45-26-20-34(32-52)28-47(45)58(49,56)39-13-5-2-6-14-39/h1-30H. The van der Waals surface area contributed by atoms with Crippen molar-refractivity contribution < 1.29 is 9.13 Å². The van der Waals surface area contributed by atoms with E-state index in [1.807, 2.05) is 89.8 Å². The summed E-state index contributed by atoms with van der Waals surface area (Å²) in [7, 11) is -7.45. The van der Waals surface area contributed by atoms with Gasteiger partial charge in [-0.1, -0.05) is 109 Å². The first-order chi connectivity index (χ1) is 28.4. The number of nitriles is 2. The molecule has 9 aromatic rings. The van der Waals surface area contributed by atoms with Crippen LogP contribution in [-0.2, 0) is 9.13 Å². The van der Waals surface area contributed by atoms with Gasteiger partial charge in [0.2, 0.25) is 0 Å². The summed E-state index contributed by atoms with van der Waals surface area (Å²) in [6, 6.07) is 63.2. The van der Waals surface area contributed by atoms with Gasteiger partial charge in [-0.15, -0.1) is 0 Å². The van der Waals surface area contributed by atoms with Crippen LogP contribution in [0.5, 0.6) is 0 Å². The second-order valence-corrected chi connectivity index (χ2v) is 20.0. The zero-order valence-electron chi connectivity index (χ0n) is 30.8. The van der Waals surface area contributed by atoms with E-state index in [2.05, 4.69) is 89.5 Å². The molecule has 0 bridgehead atoms. The molecule has 0 N–H and O–H groups in total. The summed E-state index contributed by atoms with van der Waals surface area (Å²) < 4.78 is 35.3. The van der Waals surface area contributed by atoms with Crippen molar-refractivity contribution in [3.63, 3.8) is 0 Å². The Balaban J connectivity index is 1.23. The number of anilines is 3. The zero-order chi connectivity index (χ0) is 39.2. The SMILES string of the molecule is N#Cc1ccc2c(c1)P(=O)(c1ccccc1)c1cc(-c3ccc(-n4c5ccccc5c5ccccc54)cc3)cc3c1N2c1ccc(C#N)cc1P3(=O)c1ccccc1. The van der Waals surface area contributed by atoms with Crippen LogP contribution in [-0.4, -0.2) is 4.57 Å². The topological polar surface area (TPSA) is 89.9 Å². The summed E-state index contributed by atoms with van der Waals surface area (Å²) in [5.41, 5.74) is 7.51. The van der Waals surface area contributed by atoms with Crippen molar-refractivity contribution in [1.29, 1.82) is 10.5 Å². The molecule has 58 heavy (non-hydrogen) atoms. The quantitative estimate of drug-likeness (QED) is 0.166. The maximum atomic E-state index is 16.5. The van der Waals surface area contributed by atoms with Crippen LogP contribution in [0.1, 0.15) is 11.1 Å². The van der Waals surface area contributed by atoms with Gasteiger partial charge in [0.1, 0.15) is 0 Å². The molecule has 2 atom stereocenters. The molecule has 1 aromatic heterocycles. The number of aromatic nitrogens is 1. The first kappa shape index (κ1) is 34.1. The van der Waals surface area contributed by atoms with E-state index < -0.39 is 14.3 Å². The van der Waals surface area contributed by atoms with Crippen LogP contribution >= 0.6 is 14.3 Å². The van der Waals surface area contributed by atoms with Crippen LogP contribution in [0.15, 0.2) is 182 Å². The van der Waals surface area contributed by atoms with Gasteiger partial charge in [-0.3, -0.25) is 0 Å². The fourth-order valence-corrected chi connectivity index (χ4v) is 15.2. The van der Waals surface area contributed by atoms with E-state index in [0.717, 1.165) is 27.8 Å². The van der Waals surface area contributed by atoms with Crippen LogP contribution in [0, 0.1) is 22.7 Å². The van der Waals surface area contributed by atoms with Crippen molar-refractivity contribution in [3.8, 4) is 29.0 Å². The van der Waals surface area contributed by atoms with Gasteiger partial charge in [-0.2, -0.15) is 10.5 Å². The molecule has 3 heterocycles. The van der Waals surface area contributed by atoms with E-state index >= 15 is 9.13 Å². The van der Waals surface area contributed by atoms with Gasteiger partial charge in [-0.25, -0.2) is 0 Å². The molecule has 11 rings (SSSR count). The molecule has 0 fully saturated rings. The Bertz CT molecular complexity index is 3180. The van der Waals surface area contributed by atoms with Crippen molar-refractivity contribution >= 4 is 85.0 Å². The molecule has 0 amide bonds. The lowest BCUT2D eigenvalue weighted by Crippen LogP contribution is -2.46. The molecule has 0 spiro atoms. The van der Waals surface area contributed by atoms with Crippen molar-refractivity contribution in [2.24, 2.45) is 0 Å². The molecule has 0 aliphatic carbocycles. The molecule has 2 aliphatic heterocycles. The number of fused-ring (bicyclic) bond motifs is 7. The maximum absolute atomic E-state index is 16.5. The number of benzene rings is 8. The largest absolute Gasteiger partial charge is 0.309 e. The Kier molecular flexibility index (Phi) is 7.44. The predicted octanol–water partition coefficient (Wildman–Crippen LogP) is 9.57. The van der Waals surface area contributed by atoms with Gasteiger partial charge in [0, 0.05) is 48.3 Å². The highest BCUT2D eigenvalue weighted by molar-refractivity contribution is 7.88. The van der Waals surface area contributed by atoms with Crippen molar-refractivity contribution in [1.82, 2.24) is 4.57 Å². The van der Waals surface area contributed by atoms with E-state index in [9.17, 15) is 10.5 Å². The van der Waals surface area contributed by atoms with Crippen molar-refractivity contribution in [2.45, 2.75) is 0 Å². The normalized spacial score (nSPS) is 17.5. The summed E-state index contributed by atoms with van der Waals surface area (Å²) in [6.07, 6.45) is 0. The molecule has 2 unspecified atom stereocenters. The van der Waals surface area contributed by atoms with Crippen molar-refractivity contribution in [3.05, 3.63) is 193 Å². The minimum absolute atomic E-state index is 0.391. The van der Waals surface area contributed by atoms with Crippen LogP contribution < -0.4 is 36.7 Å². The average molecular weight is 781 g/mol. The highest BCUT2D eigenvalue weighted by atomic mass is 31.2. The number of rotatable bonds is 4. The summed E-state index contributed by atoms with van der Waals surface area (Å²) in [6.45, 7) is 0. The Morgan fingerprint density at radius 3 is 1.34 bits per heavy atom. The average Bonchev–Trinajstić information content (AvgIpc) is 3.63. The molecular formula is C50H30N4O2P2. The molecule has 2 aliphatic rings. The maximum Gasteiger partial charge on any atom is 0.175 e. The highest BCUT2D eigenvalue weighted by Gasteiger charge is 2.50. The highest BCUT2D eigenvalue weighted by Crippen LogP contribution is 2.61. The fraction of sp³-hybridized carbons (Fsp3) is 0. The lowest BCUT2D eigenvalue weighted by molar-refractivity contribution is 0.592. The minimum Gasteiger partial charge on any atom is -0.309 e. The van der Waals surface area contributed by atoms with Gasteiger partial charge in [-0.05, 0) is 83.9 Å². The zero-order valence-corrected chi connectivity index (χ0v) is 32.6. The first-order valence-corrected chi connectivity index (χ1v) is 22.3. The third kappa shape index (κ3) is 4.65. The fourth-order valence-electron chi connectivity index (χ4n) is 9.01. The molecule has 272 valence electrons. The number of nitrogens with zero attached hydrogens (tertiary/aromatic N) is 4. The van der Waals surface area contributed by atoms with E-state index in [1.54, 1.807) is 24.3 Å². The van der Waals surface area contributed by atoms with Gasteiger partial charge in [0.25, 0.3) is 0 Å². The van der Waals surface area contributed by atoms with Gasteiger partial charge in [0.15, 0.2) is 14.3 Å². The number of hydrogen-bond donors (Lipinski definition) is 0.